The summed E-state index contributed by atoms with van der Waals surface area (Å²) in [5.41, 5.74) is 0.433. The van der Waals surface area contributed by atoms with Crippen LogP contribution < -0.4 is 15.5 Å². The number of ether oxygens (including phenoxy) is 1. The van der Waals surface area contributed by atoms with Gasteiger partial charge >= 0.3 is 0 Å². The molecule has 1 saturated heterocycles. The van der Waals surface area contributed by atoms with Gasteiger partial charge in [-0.3, -0.25) is 19.3 Å². The Morgan fingerprint density at radius 2 is 2.11 bits per heavy atom. The molecule has 36 heavy (non-hydrogen) atoms. The van der Waals surface area contributed by atoms with Crippen molar-refractivity contribution in [2.45, 2.75) is 32.2 Å². The maximum Gasteiger partial charge on any atom is 0.261 e. The van der Waals surface area contributed by atoms with Crippen molar-refractivity contribution in [2.75, 3.05) is 49.6 Å². The predicted octanol–water partition coefficient (Wildman–Crippen LogP) is 3.76. The number of anilines is 2. The van der Waals surface area contributed by atoms with Gasteiger partial charge in [0.2, 0.25) is 5.91 Å². The van der Waals surface area contributed by atoms with E-state index in [-0.39, 0.29) is 30.7 Å². The molecule has 1 atom stereocenters. The van der Waals surface area contributed by atoms with Crippen LogP contribution in [0.2, 0.25) is 4.34 Å². The molecule has 1 saturated carbocycles. The first-order valence-corrected chi connectivity index (χ1v) is 13.3. The Morgan fingerprint density at radius 3 is 2.72 bits per heavy atom. The van der Waals surface area contributed by atoms with Gasteiger partial charge in [0.1, 0.15) is 18.5 Å². The zero-order chi connectivity index (χ0) is 25.7. The molecule has 1 aliphatic heterocycles. The van der Waals surface area contributed by atoms with Crippen LogP contribution in [-0.4, -0.2) is 68.1 Å². The second-order valence-electron chi connectivity index (χ2n) is 8.97. The average Bonchev–Trinajstić information content (AvgIpc) is 3.27. The number of carbonyl (C=O) groups excluding carboxylic acids is 3. The molecule has 2 heterocycles. The summed E-state index contributed by atoms with van der Waals surface area (Å²) in [5, 5.41) is 5.53. The number of nitrogens with zero attached hydrogens (tertiary/aromatic N) is 2. The Hall–Kier alpha value is -2.53. The highest BCUT2D eigenvalue weighted by atomic mass is 35.5. The zero-order valence-electron chi connectivity index (χ0n) is 20.1. The molecule has 0 spiro atoms. The minimum Gasteiger partial charge on any atom is -0.370 e. The van der Waals surface area contributed by atoms with E-state index in [1.54, 1.807) is 18.2 Å². The number of carbonyl (C=O) groups is 3. The number of amides is 3. The van der Waals surface area contributed by atoms with Crippen molar-refractivity contribution >= 4 is 52.0 Å². The first-order valence-electron chi connectivity index (χ1n) is 12.1. The number of benzene rings is 1. The lowest BCUT2D eigenvalue weighted by Gasteiger charge is -2.36. The summed E-state index contributed by atoms with van der Waals surface area (Å²) < 4.78 is 20.6. The number of morpholine rings is 1. The zero-order valence-corrected chi connectivity index (χ0v) is 21.7. The molecule has 8 nitrogen and oxygen atoms in total. The van der Waals surface area contributed by atoms with Gasteiger partial charge in [-0.15, -0.1) is 11.3 Å². The van der Waals surface area contributed by atoms with Crippen LogP contribution in [0.5, 0.6) is 0 Å². The number of likely N-dealkylation sites (N-methyl/N-ethyl adjacent to an activating group) is 1. The van der Waals surface area contributed by atoms with Gasteiger partial charge in [0.15, 0.2) is 0 Å². The lowest BCUT2D eigenvalue weighted by Crippen LogP contribution is -2.52. The first-order chi connectivity index (χ1) is 17.4. The summed E-state index contributed by atoms with van der Waals surface area (Å²) in [6.45, 7) is 4.06. The molecule has 1 aromatic carbocycles. The van der Waals surface area contributed by atoms with Crippen molar-refractivity contribution in [1.82, 2.24) is 10.2 Å². The SMILES string of the molecule is CCN(CC1CCC1)[C@H](CNC(=O)c1ccc(Cl)s1)C(=O)Nc1ccc(N2CCOCC2=O)cc1F. The third kappa shape index (κ3) is 6.42. The standard InChI is InChI=1S/C25H30ClFN4O4S/c1-2-30(14-16-4-3-5-16)20(13-28-25(34)21-8-9-22(26)36-21)24(33)29-19-7-6-17(12-18(19)27)31-10-11-35-15-23(31)32/h6-9,12,16,20H,2-5,10-11,13-15H2,1H3,(H,28,34)(H,29,33)/t20-/m1/s1. The molecule has 2 N–H and O–H groups in total. The topological polar surface area (TPSA) is 91.0 Å². The van der Waals surface area contributed by atoms with E-state index in [2.05, 4.69) is 10.6 Å². The van der Waals surface area contributed by atoms with Gasteiger partial charge in [-0.2, -0.15) is 0 Å². The first kappa shape index (κ1) is 26.5. The van der Waals surface area contributed by atoms with Crippen molar-refractivity contribution < 1.29 is 23.5 Å². The Balaban J connectivity index is 1.47. The van der Waals surface area contributed by atoms with Gasteiger partial charge in [0, 0.05) is 25.3 Å². The molecular formula is C25H30ClFN4O4S. The number of rotatable bonds is 10. The van der Waals surface area contributed by atoms with E-state index in [4.69, 9.17) is 16.3 Å². The van der Waals surface area contributed by atoms with E-state index in [1.165, 1.54) is 34.8 Å². The van der Waals surface area contributed by atoms with E-state index in [1.807, 2.05) is 11.8 Å². The van der Waals surface area contributed by atoms with Gasteiger partial charge in [-0.1, -0.05) is 24.9 Å². The van der Waals surface area contributed by atoms with Crippen LogP contribution in [0.4, 0.5) is 15.8 Å². The number of hydrogen-bond acceptors (Lipinski definition) is 6. The van der Waals surface area contributed by atoms with Crippen LogP contribution >= 0.6 is 22.9 Å². The highest BCUT2D eigenvalue weighted by Gasteiger charge is 2.30. The van der Waals surface area contributed by atoms with Crippen molar-refractivity contribution in [2.24, 2.45) is 5.92 Å². The summed E-state index contributed by atoms with van der Waals surface area (Å²) in [5.74, 6) is -1.09. The molecular weight excluding hydrogens is 507 g/mol. The molecule has 11 heteroatoms. The molecule has 0 radical (unpaired) electrons. The van der Waals surface area contributed by atoms with Crippen LogP contribution in [0.25, 0.3) is 0 Å². The number of hydrogen-bond donors (Lipinski definition) is 2. The van der Waals surface area contributed by atoms with Crippen molar-refractivity contribution in [3.63, 3.8) is 0 Å². The molecule has 1 aliphatic carbocycles. The van der Waals surface area contributed by atoms with Crippen LogP contribution in [0.1, 0.15) is 35.9 Å². The van der Waals surface area contributed by atoms with Crippen molar-refractivity contribution in [1.29, 1.82) is 0 Å². The van der Waals surface area contributed by atoms with Crippen LogP contribution in [-0.2, 0) is 14.3 Å². The normalized spacial score (nSPS) is 17.1. The average molecular weight is 537 g/mol. The van der Waals surface area contributed by atoms with E-state index >= 15 is 0 Å². The Labute approximate surface area is 218 Å². The fraction of sp³-hybridized carbons (Fsp3) is 0.480. The minimum absolute atomic E-state index is 0.0190. The summed E-state index contributed by atoms with van der Waals surface area (Å²) in [6.07, 6.45) is 3.40. The van der Waals surface area contributed by atoms with Crippen molar-refractivity contribution in [3.8, 4) is 0 Å². The van der Waals surface area contributed by atoms with Crippen molar-refractivity contribution in [3.05, 3.63) is 45.4 Å². The molecule has 4 rings (SSSR count). The minimum atomic E-state index is -0.685. The Bertz CT molecular complexity index is 1110. The fourth-order valence-corrected chi connectivity index (χ4v) is 5.32. The third-order valence-corrected chi connectivity index (χ3v) is 7.86. The summed E-state index contributed by atoms with van der Waals surface area (Å²) in [7, 11) is 0. The molecule has 194 valence electrons. The molecule has 2 aromatic rings. The maximum atomic E-state index is 15.0. The number of thiophene rings is 1. The molecule has 2 fully saturated rings. The fourth-order valence-electron chi connectivity index (χ4n) is 4.36. The maximum absolute atomic E-state index is 15.0. The molecule has 0 bridgehead atoms. The van der Waals surface area contributed by atoms with Crippen LogP contribution in [0.15, 0.2) is 30.3 Å². The Morgan fingerprint density at radius 1 is 1.31 bits per heavy atom. The second kappa shape index (κ2) is 12.1. The van der Waals surface area contributed by atoms with Gasteiger partial charge in [0.05, 0.1) is 21.5 Å². The van der Waals surface area contributed by atoms with Gasteiger partial charge in [-0.25, -0.2) is 4.39 Å². The number of halogens is 2. The van der Waals surface area contributed by atoms with E-state index in [0.29, 0.717) is 40.5 Å². The molecule has 1 aromatic heterocycles. The molecule has 3 amide bonds. The van der Waals surface area contributed by atoms with Crippen LogP contribution in [0, 0.1) is 11.7 Å². The smallest absolute Gasteiger partial charge is 0.261 e. The van der Waals surface area contributed by atoms with E-state index in [0.717, 1.165) is 19.4 Å². The Kier molecular flexibility index (Phi) is 8.95. The van der Waals surface area contributed by atoms with Gasteiger partial charge in [0.25, 0.3) is 11.8 Å². The van der Waals surface area contributed by atoms with E-state index < -0.39 is 17.8 Å². The lowest BCUT2D eigenvalue weighted by atomic mass is 9.85. The largest absolute Gasteiger partial charge is 0.370 e. The van der Waals surface area contributed by atoms with Crippen LogP contribution in [0.3, 0.4) is 0 Å². The third-order valence-electron chi connectivity index (χ3n) is 6.63. The van der Waals surface area contributed by atoms with Gasteiger partial charge in [-0.05, 0) is 55.6 Å². The second-order valence-corrected chi connectivity index (χ2v) is 10.7. The summed E-state index contributed by atoms with van der Waals surface area (Å²) >= 11 is 7.11. The summed E-state index contributed by atoms with van der Waals surface area (Å²) in [6, 6.07) is 6.90. The lowest BCUT2D eigenvalue weighted by molar-refractivity contribution is -0.125. The quantitative estimate of drug-likeness (QED) is 0.482. The highest BCUT2D eigenvalue weighted by molar-refractivity contribution is 7.18. The summed E-state index contributed by atoms with van der Waals surface area (Å²) in [4.78, 5) is 42.0. The van der Waals surface area contributed by atoms with Gasteiger partial charge < -0.3 is 20.3 Å². The monoisotopic (exact) mass is 536 g/mol. The molecule has 0 unspecified atom stereocenters. The van der Waals surface area contributed by atoms with E-state index in [9.17, 15) is 18.8 Å². The number of nitrogens with one attached hydrogen (secondary N) is 2. The molecule has 2 aliphatic rings. The predicted molar refractivity (Wildman–Crippen MR) is 138 cm³/mol. The highest BCUT2D eigenvalue weighted by Crippen LogP contribution is 2.28.